The molecule has 2 aromatic rings. The third kappa shape index (κ3) is 2.80. The average Bonchev–Trinajstić information content (AvgIpc) is 2.84. The summed E-state index contributed by atoms with van der Waals surface area (Å²) in [5.74, 6) is -1.28. The Balaban J connectivity index is 1.72. The molecule has 0 radical (unpaired) electrons. The summed E-state index contributed by atoms with van der Waals surface area (Å²) in [4.78, 5) is 23.3. The van der Waals surface area contributed by atoms with Gasteiger partial charge in [0.05, 0.1) is 17.0 Å². The van der Waals surface area contributed by atoms with Gasteiger partial charge in [-0.25, -0.2) is 4.39 Å². The Morgan fingerprint density at radius 3 is 2.91 bits per heavy atom. The molecule has 0 bridgehead atoms. The Morgan fingerprint density at radius 2 is 2.14 bits per heavy atom. The van der Waals surface area contributed by atoms with Crippen molar-refractivity contribution >= 4 is 29.1 Å². The molecule has 0 atom stereocenters. The average molecular weight is 319 g/mol. The lowest BCUT2D eigenvalue weighted by atomic mass is 10.1. The van der Waals surface area contributed by atoms with E-state index in [1.807, 2.05) is 6.07 Å². The molecule has 6 heteroatoms. The summed E-state index contributed by atoms with van der Waals surface area (Å²) in [6, 6.07) is 9.53. The summed E-state index contributed by atoms with van der Waals surface area (Å²) in [7, 11) is 0. The zero-order valence-corrected chi connectivity index (χ0v) is 12.2. The van der Waals surface area contributed by atoms with Crippen LogP contribution in [0.25, 0.3) is 0 Å². The van der Waals surface area contributed by atoms with Crippen molar-refractivity contribution in [2.75, 3.05) is 5.32 Å². The maximum atomic E-state index is 13.7. The van der Waals surface area contributed by atoms with E-state index in [-0.39, 0.29) is 23.0 Å². The molecule has 1 aliphatic rings. The Morgan fingerprint density at radius 1 is 1.32 bits per heavy atom. The number of nitrogens with one attached hydrogen (secondary N) is 2. The number of fused-ring (bicyclic) bond motifs is 1. The van der Waals surface area contributed by atoms with Gasteiger partial charge >= 0.3 is 0 Å². The molecule has 22 heavy (non-hydrogen) atoms. The molecule has 0 unspecified atom stereocenters. The fraction of sp³-hybridized carbons (Fsp3) is 0.125. The van der Waals surface area contributed by atoms with Crippen LogP contribution in [0.2, 0.25) is 5.02 Å². The molecule has 0 spiro atoms. The minimum atomic E-state index is -0.659. The normalized spacial score (nSPS) is 12.7. The molecule has 2 amide bonds. The van der Waals surface area contributed by atoms with Gasteiger partial charge in [-0.15, -0.1) is 0 Å². The first-order valence-electron chi connectivity index (χ1n) is 6.68. The quantitative estimate of drug-likeness (QED) is 0.914. The molecule has 0 aromatic heterocycles. The Kier molecular flexibility index (Phi) is 3.81. The Hall–Kier alpha value is -2.40. The van der Waals surface area contributed by atoms with Gasteiger partial charge in [0, 0.05) is 12.2 Å². The highest BCUT2D eigenvalue weighted by Crippen LogP contribution is 2.24. The fourth-order valence-electron chi connectivity index (χ4n) is 2.38. The Bertz CT molecular complexity index is 756. The van der Waals surface area contributed by atoms with Crippen molar-refractivity contribution in [1.29, 1.82) is 0 Å². The summed E-state index contributed by atoms with van der Waals surface area (Å²) < 4.78 is 13.7. The standard InChI is InChI=1S/C16H12ClFN2O2/c17-11-2-1-3-12(18)15(11)16(22)19-8-9-4-5-13-10(6-9)7-14(21)20-13/h1-6H,7-8H2,(H,19,22)(H,20,21). The predicted octanol–water partition coefficient (Wildman–Crippen LogP) is 2.90. The van der Waals surface area contributed by atoms with E-state index in [2.05, 4.69) is 10.6 Å². The van der Waals surface area contributed by atoms with Crippen molar-refractivity contribution in [2.45, 2.75) is 13.0 Å². The van der Waals surface area contributed by atoms with Crippen molar-refractivity contribution in [3.8, 4) is 0 Å². The first kappa shape index (κ1) is 14.5. The summed E-state index contributed by atoms with van der Waals surface area (Å²) in [5.41, 5.74) is 2.34. The van der Waals surface area contributed by atoms with Crippen molar-refractivity contribution in [3.05, 3.63) is 63.9 Å². The summed E-state index contributed by atoms with van der Waals surface area (Å²) in [6.07, 6.45) is 0.330. The van der Waals surface area contributed by atoms with Crippen LogP contribution >= 0.6 is 11.6 Å². The lowest BCUT2D eigenvalue weighted by Crippen LogP contribution is -2.24. The SMILES string of the molecule is O=C1Cc2cc(CNC(=O)c3c(F)cccc3Cl)ccc2N1. The third-order valence-electron chi connectivity index (χ3n) is 3.44. The maximum Gasteiger partial charge on any atom is 0.256 e. The first-order chi connectivity index (χ1) is 10.5. The molecule has 0 fully saturated rings. The number of carbonyl (C=O) groups is 2. The Labute approximate surface area is 131 Å². The molecule has 0 saturated carbocycles. The van der Waals surface area contributed by atoms with Crippen LogP contribution in [0.1, 0.15) is 21.5 Å². The lowest BCUT2D eigenvalue weighted by Gasteiger charge is -2.09. The van der Waals surface area contributed by atoms with Gasteiger partial charge in [0.25, 0.3) is 5.91 Å². The van der Waals surface area contributed by atoms with E-state index in [0.717, 1.165) is 16.8 Å². The second kappa shape index (κ2) is 5.77. The molecule has 1 heterocycles. The van der Waals surface area contributed by atoms with Crippen molar-refractivity contribution in [2.24, 2.45) is 0 Å². The van der Waals surface area contributed by atoms with Crippen LogP contribution in [0.3, 0.4) is 0 Å². The highest BCUT2D eigenvalue weighted by atomic mass is 35.5. The van der Waals surface area contributed by atoms with E-state index in [1.54, 1.807) is 12.1 Å². The summed E-state index contributed by atoms with van der Waals surface area (Å²) in [6.45, 7) is 0.227. The molecule has 4 nitrogen and oxygen atoms in total. The van der Waals surface area contributed by atoms with Crippen LogP contribution in [0.4, 0.5) is 10.1 Å². The molecular weight excluding hydrogens is 307 g/mol. The molecular formula is C16H12ClFN2O2. The second-order valence-electron chi connectivity index (χ2n) is 5.00. The van der Waals surface area contributed by atoms with Crippen molar-refractivity contribution in [1.82, 2.24) is 5.32 Å². The van der Waals surface area contributed by atoms with Crippen LogP contribution in [0, 0.1) is 5.82 Å². The van der Waals surface area contributed by atoms with Gasteiger partial charge in [-0.05, 0) is 29.3 Å². The fourth-order valence-corrected chi connectivity index (χ4v) is 2.63. The van der Waals surface area contributed by atoms with E-state index in [0.29, 0.717) is 6.42 Å². The third-order valence-corrected chi connectivity index (χ3v) is 3.75. The van der Waals surface area contributed by atoms with E-state index < -0.39 is 11.7 Å². The number of hydrogen-bond donors (Lipinski definition) is 2. The molecule has 3 rings (SSSR count). The molecule has 2 N–H and O–H groups in total. The van der Waals surface area contributed by atoms with Crippen LogP contribution in [0.5, 0.6) is 0 Å². The predicted molar refractivity (Wildman–Crippen MR) is 81.4 cm³/mol. The number of rotatable bonds is 3. The van der Waals surface area contributed by atoms with Crippen LogP contribution in [0.15, 0.2) is 36.4 Å². The van der Waals surface area contributed by atoms with E-state index in [1.165, 1.54) is 18.2 Å². The number of benzene rings is 2. The van der Waals surface area contributed by atoms with Crippen LogP contribution in [-0.4, -0.2) is 11.8 Å². The lowest BCUT2D eigenvalue weighted by molar-refractivity contribution is -0.115. The monoisotopic (exact) mass is 318 g/mol. The molecule has 112 valence electrons. The van der Waals surface area contributed by atoms with Crippen molar-refractivity contribution < 1.29 is 14.0 Å². The molecule has 1 aliphatic heterocycles. The van der Waals surface area contributed by atoms with Gasteiger partial charge in [0.15, 0.2) is 0 Å². The van der Waals surface area contributed by atoms with Gasteiger partial charge in [-0.3, -0.25) is 9.59 Å². The number of carbonyl (C=O) groups excluding carboxylic acids is 2. The largest absolute Gasteiger partial charge is 0.348 e. The first-order valence-corrected chi connectivity index (χ1v) is 7.06. The number of halogens is 2. The van der Waals surface area contributed by atoms with Gasteiger partial charge in [-0.1, -0.05) is 29.8 Å². The smallest absolute Gasteiger partial charge is 0.256 e. The van der Waals surface area contributed by atoms with E-state index in [4.69, 9.17) is 11.6 Å². The van der Waals surface area contributed by atoms with Gasteiger partial charge in [0.2, 0.25) is 5.91 Å². The number of hydrogen-bond acceptors (Lipinski definition) is 2. The maximum absolute atomic E-state index is 13.7. The number of amides is 2. The highest BCUT2D eigenvalue weighted by Gasteiger charge is 2.18. The minimum absolute atomic E-state index is 0.0469. The zero-order valence-electron chi connectivity index (χ0n) is 11.5. The topological polar surface area (TPSA) is 58.2 Å². The highest BCUT2D eigenvalue weighted by molar-refractivity contribution is 6.33. The second-order valence-corrected chi connectivity index (χ2v) is 5.40. The molecule has 0 saturated heterocycles. The van der Waals surface area contributed by atoms with E-state index >= 15 is 0 Å². The van der Waals surface area contributed by atoms with Gasteiger partial charge in [-0.2, -0.15) is 0 Å². The van der Waals surface area contributed by atoms with Gasteiger partial charge < -0.3 is 10.6 Å². The van der Waals surface area contributed by atoms with E-state index in [9.17, 15) is 14.0 Å². The van der Waals surface area contributed by atoms with Crippen molar-refractivity contribution in [3.63, 3.8) is 0 Å². The zero-order chi connectivity index (χ0) is 15.7. The summed E-state index contributed by atoms with van der Waals surface area (Å²) >= 11 is 5.85. The molecule has 2 aromatic carbocycles. The minimum Gasteiger partial charge on any atom is -0.348 e. The molecule has 0 aliphatic carbocycles. The van der Waals surface area contributed by atoms with Crippen LogP contribution < -0.4 is 10.6 Å². The van der Waals surface area contributed by atoms with Gasteiger partial charge in [0.1, 0.15) is 5.82 Å². The van der Waals surface area contributed by atoms with Crippen LogP contribution in [-0.2, 0) is 17.8 Å². The summed E-state index contributed by atoms with van der Waals surface area (Å²) in [5, 5.41) is 5.44. The number of anilines is 1.